The SMILES string of the molecule is CCOc1ccccc1/C=N\NC(=O)c1cccn(CC)c1=O. The lowest BCUT2D eigenvalue weighted by Crippen LogP contribution is -2.30. The molecule has 0 saturated heterocycles. The van der Waals surface area contributed by atoms with E-state index >= 15 is 0 Å². The van der Waals surface area contributed by atoms with E-state index in [-0.39, 0.29) is 11.1 Å². The van der Waals surface area contributed by atoms with E-state index in [9.17, 15) is 9.59 Å². The van der Waals surface area contributed by atoms with Crippen LogP contribution in [0, 0.1) is 0 Å². The predicted molar refractivity (Wildman–Crippen MR) is 89.0 cm³/mol. The van der Waals surface area contributed by atoms with Crippen LogP contribution in [0.25, 0.3) is 0 Å². The predicted octanol–water partition coefficient (Wildman–Crippen LogP) is 2.03. The fourth-order valence-corrected chi connectivity index (χ4v) is 2.05. The van der Waals surface area contributed by atoms with Gasteiger partial charge in [-0.2, -0.15) is 5.10 Å². The molecule has 120 valence electrons. The van der Waals surface area contributed by atoms with Gasteiger partial charge < -0.3 is 9.30 Å². The molecular formula is C17H19N3O3. The fourth-order valence-electron chi connectivity index (χ4n) is 2.05. The van der Waals surface area contributed by atoms with Crippen molar-refractivity contribution in [2.45, 2.75) is 20.4 Å². The quantitative estimate of drug-likeness (QED) is 0.655. The van der Waals surface area contributed by atoms with Crippen molar-refractivity contribution in [1.29, 1.82) is 0 Å². The number of amides is 1. The van der Waals surface area contributed by atoms with Crippen LogP contribution >= 0.6 is 0 Å². The molecule has 23 heavy (non-hydrogen) atoms. The number of para-hydroxylation sites is 1. The summed E-state index contributed by atoms with van der Waals surface area (Å²) in [4.78, 5) is 24.1. The van der Waals surface area contributed by atoms with Crippen molar-refractivity contribution in [2.75, 3.05) is 6.61 Å². The molecule has 0 fully saturated rings. The summed E-state index contributed by atoms with van der Waals surface area (Å²) in [5, 5.41) is 3.90. The average Bonchev–Trinajstić information content (AvgIpc) is 2.56. The van der Waals surface area contributed by atoms with E-state index in [0.29, 0.717) is 18.9 Å². The molecule has 2 aromatic rings. The number of carbonyl (C=O) groups is 1. The number of aromatic nitrogens is 1. The Bertz CT molecular complexity index is 766. The van der Waals surface area contributed by atoms with Crippen LogP contribution in [0.4, 0.5) is 0 Å². The Kier molecular flexibility index (Phi) is 5.68. The normalized spacial score (nSPS) is 10.7. The highest BCUT2D eigenvalue weighted by molar-refractivity contribution is 5.94. The first-order chi connectivity index (χ1) is 11.2. The molecule has 0 aliphatic carbocycles. The Balaban J connectivity index is 2.12. The van der Waals surface area contributed by atoms with Crippen LogP contribution in [-0.4, -0.2) is 23.3 Å². The van der Waals surface area contributed by atoms with Gasteiger partial charge in [-0.05, 0) is 38.1 Å². The van der Waals surface area contributed by atoms with Crippen molar-refractivity contribution in [1.82, 2.24) is 9.99 Å². The minimum Gasteiger partial charge on any atom is -0.493 e. The van der Waals surface area contributed by atoms with Crippen LogP contribution < -0.4 is 15.7 Å². The first-order valence-electron chi connectivity index (χ1n) is 7.42. The lowest BCUT2D eigenvalue weighted by Gasteiger charge is -2.06. The van der Waals surface area contributed by atoms with Crippen LogP contribution in [0.1, 0.15) is 29.8 Å². The van der Waals surface area contributed by atoms with Crippen molar-refractivity contribution in [2.24, 2.45) is 5.10 Å². The van der Waals surface area contributed by atoms with Crippen LogP contribution in [-0.2, 0) is 6.54 Å². The third-order valence-electron chi connectivity index (χ3n) is 3.19. The number of hydrogen-bond acceptors (Lipinski definition) is 4. The number of hydrazone groups is 1. The zero-order chi connectivity index (χ0) is 16.7. The van der Waals surface area contributed by atoms with Crippen LogP contribution in [0.3, 0.4) is 0 Å². The van der Waals surface area contributed by atoms with Gasteiger partial charge in [0, 0.05) is 18.3 Å². The molecule has 0 aliphatic rings. The van der Waals surface area contributed by atoms with Crippen molar-refractivity contribution in [3.63, 3.8) is 0 Å². The molecule has 6 nitrogen and oxygen atoms in total. The molecule has 0 bridgehead atoms. The molecule has 1 amide bonds. The summed E-state index contributed by atoms with van der Waals surface area (Å²) in [5.74, 6) is 0.143. The lowest BCUT2D eigenvalue weighted by molar-refractivity contribution is 0.0953. The van der Waals surface area contributed by atoms with Gasteiger partial charge in [0.25, 0.3) is 11.5 Å². The van der Waals surface area contributed by atoms with Gasteiger partial charge in [0.1, 0.15) is 11.3 Å². The summed E-state index contributed by atoms with van der Waals surface area (Å²) in [6.45, 7) is 4.78. The minimum absolute atomic E-state index is 0.0598. The standard InChI is InChI=1S/C17H19N3O3/c1-3-20-11-7-9-14(17(20)22)16(21)19-18-12-13-8-5-6-10-15(13)23-4-2/h5-12H,3-4H2,1-2H3,(H,19,21)/b18-12-. The van der Waals surface area contributed by atoms with Crippen molar-refractivity contribution in [3.05, 3.63) is 64.1 Å². The molecule has 0 saturated carbocycles. The van der Waals surface area contributed by atoms with Gasteiger partial charge in [0.2, 0.25) is 0 Å². The second-order valence-electron chi connectivity index (χ2n) is 4.68. The number of nitrogens with one attached hydrogen (secondary N) is 1. The zero-order valence-corrected chi connectivity index (χ0v) is 13.2. The summed E-state index contributed by atoms with van der Waals surface area (Å²) in [5.41, 5.74) is 2.84. The number of benzene rings is 1. The average molecular weight is 313 g/mol. The smallest absolute Gasteiger partial charge is 0.276 e. The highest BCUT2D eigenvalue weighted by atomic mass is 16.5. The fraction of sp³-hybridized carbons (Fsp3) is 0.235. The maximum Gasteiger partial charge on any atom is 0.276 e. The second kappa shape index (κ2) is 7.93. The summed E-state index contributed by atoms with van der Waals surface area (Å²) >= 11 is 0. The number of aryl methyl sites for hydroxylation is 1. The van der Waals surface area contributed by atoms with Crippen molar-refractivity contribution >= 4 is 12.1 Å². The largest absolute Gasteiger partial charge is 0.493 e. The number of rotatable bonds is 6. The molecule has 0 spiro atoms. The Morgan fingerprint density at radius 3 is 2.78 bits per heavy atom. The minimum atomic E-state index is -0.539. The lowest BCUT2D eigenvalue weighted by atomic mass is 10.2. The second-order valence-corrected chi connectivity index (χ2v) is 4.68. The van der Waals surface area contributed by atoms with Crippen LogP contribution in [0.2, 0.25) is 0 Å². The summed E-state index contributed by atoms with van der Waals surface area (Å²) in [7, 11) is 0. The Hall–Kier alpha value is -2.89. The highest BCUT2D eigenvalue weighted by Gasteiger charge is 2.10. The van der Waals surface area contributed by atoms with Gasteiger partial charge in [-0.1, -0.05) is 12.1 Å². The summed E-state index contributed by atoms with van der Waals surface area (Å²) in [6, 6.07) is 10.5. The van der Waals surface area contributed by atoms with E-state index in [1.165, 1.54) is 16.8 Å². The molecule has 0 atom stereocenters. The monoisotopic (exact) mass is 313 g/mol. The topological polar surface area (TPSA) is 72.7 Å². The van der Waals surface area contributed by atoms with Crippen molar-refractivity contribution < 1.29 is 9.53 Å². The molecule has 1 aromatic heterocycles. The zero-order valence-electron chi connectivity index (χ0n) is 13.2. The van der Waals surface area contributed by atoms with E-state index in [1.807, 2.05) is 38.1 Å². The first kappa shape index (κ1) is 16.5. The molecule has 0 aliphatic heterocycles. The highest BCUT2D eigenvalue weighted by Crippen LogP contribution is 2.15. The van der Waals surface area contributed by atoms with Crippen LogP contribution in [0.5, 0.6) is 5.75 Å². The first-order valence-corrected chi connectivity index (χ1v) is 7.42. The third-order valence-corrected chi connectivity index (χ3v) is 3.19. The van der Waals surface area contributed by atoms with E-state index < -0.39 is 5.91 Å². The number of ether oxygens (including phenoxy) is 1. The number of pyridine rings is 1. The molecule has 1 aromatic carbocycles. The van der Waals surface area contributed by atoms with Gasteiger partial charge in [0.15, 0.2) is 0 Å². The van der Waals surface area contributed by atoms with E-state index in [1.54, 1.807) is 12.3 Å². The van der Waals surface area contributed by atoms with Crippen molar-refractivity contribution in [3.8, 4) is 5.75 Å². The number of nitrogens with zero attached hydrogens (tertiary/aromatic N) is 2. The maximum atomic E-state index is 12.1. The molecular weight excluding hydrogens is 294 g/mol. The van der Waals surface area contributed by atoms with Gasteiger partial charge in [-0.3, -0.25) is 9.59 Å². The molecule has 1 N–H and O–H groups in total. The molecule has 0 radical (unpaired) electrons. The Morgan fingerprint density at radius 1 is 1.26 bits per heavy atom. The molecule has 2 rings (SSSR count). The van der Waals surface area contributed by atoms with Gasteiger partial charge in [0.05, 0.1) is 12.8 Å². The summed E-state index contributed by atoms with van der Waals surface area (Å²) < 4.78 is 6.93. The molecule has 6 heteroatoms. The number of hydrogen-bond donors (Lipinski definition) is 1. The molecule has 1 heterocycles. The third kappa shape index (κ3) is 4.06. The number of carbonyl (C=O) groups excluding carboxylic acids is 1. The van der Waals surface area contributed by atoms with E-state index in [2.05, 4.69) is 10.5 Å². The van der Waals surface area contributed by atoms with E-state index in [4.69, 9.17) is 4.74 Å². The molecule has 0 unspecified atom stereocenters. The van der Waals surface area contributed by atoms with Gasteiger partial charge in [-0.15, -0.1) is 0 Å². The van der Waals surface area contributed by atoms with E-state index in [0.717, 1.165) is 5.56 Å². The van der Waals surface area contributed by atoms with Crippen LogP contribution in [0.15, 0.2) is 52.5 Å². The van der Waals surface area contributed by atoms with Gasteiger partial charge in [-0.25, -0.2) is 5.43 Å². The summed E-state index contributed by atoms with van der Waals surface area (Å²) in [6.07, 6.45) is 3.13. The Labute approximate surface area is 134 Å². The van der Waals surface area contributed by atoms with Gasteiger partial charge >= 0.3 is 0 Å². The Morgan fingerprint density at radius 2 is 2.04 bits per heavy atom. The maximum absolute atomic E-state index is 12.1.